The minimum absolute atomic E-state index is 0.00859. The Bertz CT molecular complexity index is 690. The molecule has 0 spiro atoms. The van der Waals surface area contributed by atoms with Crippen LogP contribution in [0.5, 0.6) is 5.75 Å². The third-order valence-corrected chi connectivity index (χ3v) is 3.73. The number of nitrogens with one attached hydrogen (secondary N) is 1. The van der Waals surface area contributed by atoms with Crippen molar-refractivity contribution in [2.45, 2.75) is 12.5 Å². The molecule has 0 saturated heterocycles. The quantitative estimate of drug-likeness (QED) is 0.931. The van der Waals surface area contributed by atoms with E-state index >= 15 is 0 Å². The van der Waals surface area contributed by atoms with Crippen molar-refractivity contribution in [3.63, 3.8) is 0 Å². The molecule has 0 radical (unpaired) electrons. The highest BCUT2D eigenvalue weighted by Crippen LogP contribution is 2.41. The zero-order chi connectivity index (χ0) is 15.0. The first-order chi connectivity index (χ1) is 10.1. The van der Waals surface area contributed by atoms with E-state index in [2.05, 4.69) is 5.32 Å². The van der Waals surface area contributed by atoms with E-state index in [-0.39, 0.29) is 6.10 Å². The normalized spacial score (nSPS) is 16.7. The topological polar surface area (TPSA) is 21.3 Å². The summed E-state index contributed by atoms with van der Waals surface area (Å²) in [5.74, 6) is -0.603. The van der Waals surface area contributed by atoms with Crippen LogP contribution in [0.4, 0.5) is 8.78 Å². The molecule has 3 rings (SSSR count). The van der Waals surface area contributed by atoms with Gasteiger partial charge in [-0.1, -0.05) is 11.6 Å². The summed E-state index contributed by atoms with van der Waals surface area (Å²) < 4.78 is 33.0. The molecule has 1 unspecified atom stereocenters. The molecule has 2 aromatic rings. The molecule has 1 atom stereocenters. The number of rotatable bonds is 3. The summed E-state index contributed by atoms with van der Waals surface area (Å²) >= 11 is 6.12. The third-order valence-electron chi connectivity index (χ3n) is 3.52. The van der Waals surface area contributed by atoms with Crippen LogP contribution in [-0.4, -0.2) is 19.7 Å². The Morgan fingerprint density at radius 1 is 1.24 bits per heavy atom. The summed E-state index contributed by atoms with van der Waals surface area (Å²) in [4.78, 5) is 0. The highest BCUT2D eigenvalue weighted by molar-refractivity contribution is 6.31. The van der Waals surface area contributed by atoms with Gasteiger partial charge in [0.2, 0.25) is 0 Å². The van der Waals surface area contributed by atoms with E-state index in [1.165, 1.54) is 12.1 Å². The molecule has 2 nitrogen and oxygen atoms in total. The summed E-state index contributed by atoms with van der Waals surface area (Å²) in [5.41, 5.74) is 1.80. The maximum Gasteiger partial charge on any atom is 0.134 e. The van der Waals surface area contributed by atoms with E-state index < -0.39 is 11.6 Å². The number of hydrogen-bond donors (Lipinski definition) is 1. The molecule has 1 aliphatic heterocycles. The average molecular weight is 310 g/mol. The van der Waals surface area contributed by atoms with Gasteiger partial charge in [0.25, 0.3) is 0 Å². The lowest BCUT2D eigenvalue weighted by molar-refractivity contribution is 0.232. The molecule has 110 valence electrons. The molecule has 1 heterocycles. The van der Waals surface area contributed by atoms with Gasteiger partial charge < -0.3 is 10.1 Å². The monoisotopic (exact) mass is 309 g/mol. The molecule has 0 aliphatic carbocycles. The molecule has 0 aromatic heterocycles. The summed E-state index contributed by atoms with van der Waals surface area (Å²) in [6.45, 7) is 0.692. The smallest absolute Gasteiger partial charge is 0.134 e. The van der Waals surface area contributed by atoms with E-state index in [1.54, 1.807) is 6.07 Å². The van der Waals surface area contributed by atoms with Crippen LogP contribution in [0.2, 0.25) is 5.02 Å². The van der Waals surface area contributed by atoms with Crippen LogP contribution in [0, 0.1) is 11.6 Å². The van der Waals surface area contributed by atoms with E-state index in [0.29, 0.717) is 34.9 Å². The first-order valence-corrected chi connectivity index (χ1v) is 7.05. The van der Waals surface area contributed by atoms with Gasteiger partial charge in [-0.15, -0.1) is 0 Å². The van der Waals surface area contributed by atoms with Crippen LogP contribution in [-0.2, 0) is 6.42 Å². The zero-order valence-corrected chi connectivity index (χ0v) is 12.2. The fourth-order valence-electron chi connectivity index (χ4n) is 2.64. The average Bonchev–Trinajstić information content (AvgIpc) is 2.81. The SMILES string of the molecule is CNCC1Cc2cc(Cl)cc(-c3ccc(F)cc3F)c2O1. The maximum absolute atomic E-state index is 14.0. The Kier molecular flexibility index (Phi) is 3.83. The lowest BCUT2D eigenvalue weighted by Gasteiger charge is -2.13. The second-order valence-corrected chi connectivity index (χ2v) is 5.50. The Balaban J connectivity index is 2.08. The molecular formula is C16H14ClF2NO. The van der Waals surface area contributed by atoms with Gasteiger partial charge in [0.1, 0.15) is 23.5 Å². The summed E-state index contributed by atoms with van der Waals surface area (Å²) in [7, 11) is 1.85. The van der Waals surface area contributed by atoms with Crippen molar-refractivity contribution in [1.29, 1.82) is 0 Å². The molecule has 5 heteroatoms. The standard InChI is InChI=1S/C16H14ClF2NO/c1-20-8-12-5-9-4-10(17)6-14(16(9)21-12)13-3-2-11(18)7-15(13)19/h2-4,6-7,12,20H,5,8H2,1H3. The Hall–Kier alpha value is -1.65. The van der Waals surface area contributed by atoms with Crippen molar-refractivity contribution < 1.29 is 13.5 Å². The molecule has 0 bridgehead atoms. The third kappa shape index (κ3) is 2.74. The van der Waals surface area contributed by atoms with Gasteiger partial charge in [0.05, 0.1) is 0 Å². The van der Waals surface area contributed by atoms with Crippen LogP contribution in [0.25, 0.3) is 11.1 Å². The van der Waals surface area contributed by atoms with Crippen LogP contribution < -0.4 is 10.1 Å². The van der Waals surface area contributed by atoms with Crippen LogP contribution in [0.15, 0.2) is 30.3 Å². The van der Waals surface area contributed by atoms with E-state index in [4.69, 9.17) is 16.3 Å². The first kappa shape index (κ1) is 14.3. The van der Waals surface area contributed by atoms with Gasteiger partial charge >= 0.3 is 0 Å². The number of benzene rings is 2. The largest absolute Gasteiger partial charge is 0.488 e. The van der Waals surface area contributed by atoms with Crippen LogP contribution >= 0.6 is 11.6 Å². The van der Waals surface area contributed by atoms with Gasteiger partial charge in [-0.3, -0.25) is 0 Å². The number of halogens is 3. The number of fused-ring (bicyclic) bond motifs is 1. The molecular weight excluding hydrogens is 296 g/mol. The predicted octanol–water partition coefficient (Wildman–Crippen LogP) is 3.81. The predicted molar refractivity (Wildman–Crippen MR) is 78.9 cm³/mol. The Morgan fingerprint density at radius 3 is 2.76 bits per heavy atom. The lowest BCUT2D eigenvalue weighted by Crippen LogP contribution is -2.27. The van der Waals surface area contributed by atoms with Crippen molar-refractivity contribution in [3.05, 3.63) is 52.6 Å². The van der Waals surface area contributed by atoms with Gasteiger partial charge in [0.15, 0.2) is 0 Å². The van der Waals surface area contributed by atoms with Crippen LogP contribution in [0.3, 0.4) is 0 Å². The molecule has 2 aromatic carbocycles. The van der Waals surface area contributed by atoms with E-state index in [0.717, 1.165) is 11.6 Å². The highest BCUT2D eigenvalue weighted by atomic mass is 35.5. The number of hydrogen-bond acceptors (Lipinski definition) is 2. The summed E-state index contributed by atoms with van der Waals surface area (Å²) in [5, 5.41) is 3.57. The molecule has 1 aliphatic rings. The minimum Gasteiger partial charge on any atom is -0.488 e. The fourth-order valence-corrected chi connectivity index (χ4v) is 2.88. The molecule has 0 saturated carbocycles. The van der Waals surface area contributed by atoms with Gasteiger partial charge in [0, 0.05) is 35.2 Å². The summed E-state index contributed by atoms with van der Waals surface area (Å²) in [6, 6.07) is 6.98. The van der Waals surface area contributed by atoms with Crippen LogP contribution in [0.1, 0.15) is 5.56 Å². The Labute approximate surface area is 126 Å². The van der Waals surface area contributed by atoms with Crippen molar-refractivity contribution in [2.24, 2.45) is 0 Å². The van der Waals surface area contributed by atoms with Gasteiger partial charge in [-0.25, -0.2) is 8.78 Å². The van der Waals surface area contributed by atoms with Crippen molar-refractivity contribution in [3.8, 4) is 16.9 Å². The number of ether oxygens (including phenoxy) is 1. The van der Waals surface area contributed by atoms with Crippen molar-refractivity contribution in [1.82, 2.24) is 5.32 Å². The molecule has 0 fully saturated rings. The second kappa shape index (κ2) is 5.62. The second-order valence-electron chi connectivity index (χ2n) is 5.07. The molecule has 0 amide bonds. The van der Waals surface area contributed by atoms with E-state index in [9.17, 15) is 8.78 Å². The first-order valence-electron chi connectivity index (χ1n) is 6.67. The van der Waals surface area contributed by atoms with Crippen molar-refractivity contribution >= 4 is 11.6 Å². The minimum atomic E-state index is -0.625. The van der Waals surface area contributed by atoms with Gasteiger partial charge in [-0.2, -0.15) is 0 Å². The summed E-state index contributed by atoms with van der Waals surface area (Å²) in [6.07, 6.45) is 0.706. The number of likely N-dealkylation sites (N-methyl/N-ethyl adjacent to an activating group) is 1. The zero-order valence-electron chi connectivity index (χ0n) is 11.4. The Morgan fingerprint density at radius 2 is 2.05 bits per heavy atom. The van der Waals surface area contributed by atoms with Crippen molar-refractivity contribution in [2.75, 3.05) is 13.6 Å². The van der Waals surface area contributed by atoms with Gasteiger partial charge in [-0.05, 0) is 36.9 Å². The lowest BCUT2D eigenvalue weighted by atomic mass is 10.00. The fraction of sp³-hybridized carbons (Fsp3) is 0.250. The highest BCUT2D eigenvalue weighted by Gasteiger charge is 2.27. The molecule has 21 heavy (non-hydrogen) atoms. The molecule has 1 N–H and O–H groups in total. The van der Waals surface area contributed by atoms with E-state index in [1.807, 2.05) is 13.1 Å². The maximum atomic E-state index is 14.0.